The second-order valence-corrected chi connectivity index (χ2v) is 5.63. The number of carbonyl (C=O) groups excluding carboxylic acids is 1. The van der Waals surface area contributed by atoms with Crippen molar-refractivity contribution in [3.05, 3.63) is 17.7 Å². The Kier molecular flexibility index (Phi) is 4.29. The molecule has 0 radical (unpaired) electrons. The van der Waals surface area contributed by atoms with Gasteiger partial charge < -0.3 is 9.88 Å². The van der Waals surface area contributed by atoms with Crippen molar-refractivity contribution in [3.63, 3.8) is 0 Å². The van der Waals surface area contributed by atoms with Crippen LogP contribution in [0, 0.1) is 0 Å². The highest BCUT2D eigenvalue weighted by Gasteiger charge is 2.29. The smallest absolute Gasteiger partial charge is 0.240 e. The quantitative estimate of drug-likeness (QED) is 0.841. The molecule has 2 heterocycles. The number of hydrogen-bond donors (Lipinski definition) is 2. The molecule has 0 bridgehead atoms. The SMILES string of the molecule is CSCC(C)N(C)C(=O)C1Cc2nc[nH]c2CN1. The van der Waals surface area contributed by atoms with Gasteiger partial charge in [0.15, 0.2) is 0 Å². The van der Waals surface area contributed by atoms with Crippen LogP contribution in [0.3, 0.4) is 0 Å². The Morgan fingerprint density at radius 3 is 3.22 bits per heavy atom. The molecule has 2 atom stereocenters. The molecule has 6 heteroatoms. The minimum atomic E-state index is -0.143. The van der Waals surface area contributed by atoms with Gasteiger partial charge in [-0.25, -0.2) is 4.98 Å². The molecule has 1 aliphatic heterocycles. The second-order valence-electron chi connectivity index (χ2n) is 4.72. The molecule has 0 spiro atoms. The van der Waals surface area contributed by atoms with E-state index in [0.29, 0.717) is 13.0 Å². The van der Waals surface area contributed by atoms with Gasteiger partial charge in [-0.1, -0.05) is 0 Å². The Balaban J connectivity index is 1.98. The van der Waals surface area contributed by atoms with Crippen molar-refractivity contribution in [2.24, 2.45) is 0 Å². The maximum absolute atomic E-state index is 12.4. The monoisotopic (exact) mass is 268 g/mol. The molecular weight excluding hydrogens is 248 g/mol. The Bertz CT molecular complexity index is 420. The Hall–Kier alpha value is -1.01. The lowest BCUT2D eigenvalue weighted by atomic mass is 10.0. The van der Waals surface area contributed by atoms with Crippen LogP contribution in [0.5, 0.6) is 0 Å². The van der Waals surface area contributed by atoms with Crippen LogP contribution < -0.4 is 5.32 Å². The first-order valence-corrected chi connectivity index (χ1v) is 7.53. The number of rotatable bonds is 4. The van der Waals surface area contributed by atoms with Crippen LogP contribution in [-0.4, -0.2) is 51.9 Å². The van der Waals surface area contributed by atoms with E-state index < -0.39 is 0 Å². The second kappa shape index (κ2) is 5.75. The fourth-order valence-electron chi connectivity index (χ4n) is 2.16. The van der Waals surface area contributed by atoms with Crippen LogP contribution in [0.25, 0.3) is 0 Å². The van der Waals surface area contributed by atoms with E-state index in [1.807, 2.05) is 11.9 Å². The summed E-state index contributed by atoms with van der Waals surface area (Å²) in [5.74, 6) is 1.12. The number of H-pyrrole nitrogens is 1. The summed E-state index contributed by atoms with van der Waals surface area (Å²) in [5.41, 5.74) is 2.11. The third-order valence-corrected chi connectivity index (χ3v) is 4.26. The number of amides is 1. The maximum atomic E-state index is 12.4. The number of fused-ring (bicyclic) bond motifs is 1. The fourth-order valence-corrected chi connectivity index (χ4v) is 2.87. The van der Waals surface area contributed by atoms with E-state index in [2.05, 4.69) is 28.5 Å². The van der Waals surface area contributed by atoms with Crippen molar-refractivity contribution >= 4 is 17.7 Å². The van der Waals surface area contributed by atoms with Crippen LogP contribution >= 0.6 is 11.8 Å². The van der Waals surface area contributed by atoms with Crippen LogP contribution in [0.4, 0.5) is 0 Å². The van der Waals surface area contributed by atoms with E-state index in [1.165, 1.54) is 0 Å². The lowest BCUT2D eigenvalue weighted by Crippen LogP contribution is -2.51. The van der Waals surface area contributed by atoms with Gasteiger partial charge in [0.2, 0.25) is 5.91 Å². The highest BCUT2D eigenvalue weighted by molar-refractivity contribution is 7.98. The summed E-state index contributed by atoms with van der Waals surface area (Å²) < 4.78 is 0. The third-order valence-electron chi connectivity index (χ3n) is 3.44. The van der Waals surface area contributed by atoms with E-state index in [-0.39, 0.29) is 18.0 Å². The maximum Gasteiger partial charge on any atom is 0.240 e. The molecule has 1 amide bonds. The molecule has 2 rings (SSSR count). The molecule has 2 unspecified atom stereocenters. The number of nitrogens with one attached hydrogen (secondary N) is 2. The van der Waals surface area contributed by atoms with Crippen LogP contribution in [0.15, 0.2) is 6.33 Å². The number of nitrogens with zero attached hydrogens (tertiary/aromatic N) is 2. The van der Waals surface area contributed by atoms with Gasteiger partial charge in [0.05, 0.1) is 23.8 Å². The average Bonchev–Trinajstić information content (AvgIpc) is 2.84. The Morgan fingerprint density at radius 2 is 2.50 bits per heavy atom. The summed E-state index contributed by atoms with van der Waals surface area (Å²) in [6.07, 6.45) is 4.43. The van der Waals surface area contributed by atoms with Crippen molar-refractivity contribution in [2.75, 3.05) is 19.1 Å². The first-order valence-electron chi connectivity index (χ1n) is 6.13. The largest absolute Gasteiger partial charge is 0.347 e. The number of aromatic amines is 1. The molecule has 18 heavy (non-hydrogen) atoms. The summed E-state index contributed by atoms with van der Waals surface area (Å²) >= 11 is 1.76. The third kappa shape index (κ3) is 2.70. The number of thioether (sulfide) groups is 1. The van der Waals surface area contributed by atoms with Gasteiger partial charge in [-0.2, -0.15) is 11.8 Å². The summed E-state index contributed by atoms with van der Waals surface area (Å²) in [6.45, 7) is 2.77. The molecule has 2 N–H and O–H groups in total. The first-order chi connectivity index (χ1) is 8.63. The van der Waals surface area contributed by atoms with Crippen LogP contribution in [0.2, 0.25) is 0 Å². The molecule has 0 aliphatic carbocycles. The normalized spacial score (nSPS) is 20.3. The molecule has 0 aromatic carbocycles. The zero-order valence-corrected chi connectivity index (χ0v) is 11.9. The van der Waals surface area contributed by atoms with Gasteiger partial charge in [-0.15, -0.1) is 0 Å². The molecule has 1 aliphatic rings. The molecular formula is C12H20N4OS. The van der Waals surface area contributed by atoms with Gasteiger partial charge in [-0.05, 0) is 13.2 Å². The zero-order valence-electron chi connectivity index (χ0n) is 11.1. The number of aromatic nitrogens is 2. The van der Waals surface area contributed by atoms with E-state index in [9.17, 15) is 4.79 Å². The topological polar surface area (TPSA) is 61.0 Å². The highest BCUT2D eigenvalue weighted by Crippen LogP contribution is 2.15. The molecule has 5 nitrogen and oxygen atoms in total. The van der Waals surface area contributed by atoms with E-state index >= 15 is 0 Å². The van der Waals surface area contributed by atoms with Crippen molar-refractivity contribution in [2.45, 2.75) is 32.0 Å². The van der Waals surface area contributed by atoms with Gasteiger partial charge in [-0.3, -0.25) is 10.1 Å². The summed E-state index contributed by atoms with van der Waals surface area (Å²) in [5, 5.41) is 3.27. The lowest BCUT2D eigenvalue weighted by Gasteiger charge is -2.30. The minimum Gasteiger partial charge on any atom is -0.347 e. The van der Waals surface area contributed by atoms with E-state index in [1.54, 1.807) is 18.1 Å². The Labute approximate surface area is 112 Å². The van der Waals surface area contributed by atoms with E-state index in [0.717, 1.165) is 17.1 Å². The van der Waals surface area contributed by atoms with Crippen molar-refractivity contribution in [1.29, 1.82) is 0 Å². The van der Waals surface area contributed by atoms with Crippen molar-refractivity contribution in [1.82, 2.24) is 20.2 Å². The van der Waals surface area contributed by atoms with Crippen molar-refractivity contribution < 1.29 is 4.79 Å². The molecule has 1 aromatic rings. The summed E-state index contributed by atoms with van der Waals surface area (Å²) in [6, 6.07) is 0.116. The number of hydrogen-bond acceptors (Lipinski definition) is 4. The highest BCUT2D eigenvalue weighted by atomic mass is 32.2. The minimum absolute atomic E-state index is 0.143. The fraction of sp³-hybridized carbons (Fsp3) is 0.667. The molecule has 100 valence electrons. The van der Waals surface area contributed by atoms with Gasteiger partial charge in [0.25, 0.3) is 0 Å². The van der Waals surface area contributed by atoms with Crippen LogP contribution in [0.1, 0.15) is 18.3 Å². The van der Waals surface area contributed by atoms with Gasteiger partial charge in [0, 0.05) is 31.8 Å². The van der Waals surface area contributed by atoms with Gasteiger partial charge in [0.1, 0.15) is 0 Å². The van der Waals surface area contributed by atoms with Crippen molar-refractivity contribution in [3.8, 4) is 0 Å². The molecule has 1 aromatic heterocycles. The number of carbonyl (C=O) groups is 1. The molecule has 0 saturated carbocycles. The zero-order chi connectivity index (χ0) is 13.1. The summed E-state index contributed by atoms with van der Waals surface area (Å²) in [7, 11) is 1.88. The van der Waals surface area contributed by atoms with E-state index in [4.69, 9.17) is 0 Å². The molecule has 0 saturated heterocycles. The average molecular weight is 268 g/mol. The molecule has 0 fully saturated rings. The Morgan fingerprint density at radius 1 is 1.72 bits per heavy atom. The number of imidazole rings is 1. The lowest BCUT2D eigenvalue weighted by molar-refractivity contribution is -0.133. The standard InChI is InChI=1S/C12H20N4OS/c1-8(6-18-3)16(2)12(17)10-4-9-11(5-13-10)15-7-14-9/h7-8,10,13H,4-6H2,1-3H3,(H,14,15). The predicted molar refractivity (Wildman–Crippen MR) is 73.5 cm³/mol. The number of likely N-dealkylation sites (N-methyl/N-ethyl adjacent to an activating group) is 1. The predicted octanol–water partition coefficient (Wildman–Crippen LogP) is 0.634. The van der Waals surface area contributed by atoms with Crippen LogP contribution in [-0.2, 0) is 17.8 Å². The summed E-state index contributed by atoms with van der Waals surface area (Å²) in [4.78, 5) is 21.5. The first kappa shape index (κ1) is 13.4. The van der Waals surface area contributed by atoms with Gasteiger partial charge >= 0.3 is 0 Å².